The minimum absolute atomic E-state index is 0.0288. The van der Waals surface area contributed by atoms with Gasteiger partial charge in [-0.05, 0) is 32.2 Å². The van der Waals surface area contributed by atoms with Gasteiger partial charge in [0.05, 0.1) is 5.69 Å². The monoisotopic (exact) mass is 271 g/mol. The molecule has 2 aromatic carbocycles. The lowest BCUT2D eigenvalue weighted by Crippen LogP contribution is -2.46. The molecule has 2 rings (SSSR count). The quantitative estimate of drug-likeness (QED) is 0.850. The van der Waals surface area contributed by atoms with Gasteiger partial charge < -0.3 is 9.64 Å². The molecule has 3 heteroatoms. The summed E-state index contributed by atoms with van der Waals surface area (Å²) in [5.41, 5.74) is 0.105. The van der Waals surface area contributed by atoms with Crippen LogP contribution in [0.15, 0.2) is 42.5 Å². The van der Waals surface area contributed by atoms with Gasteiger partial charge in [-0.1, -0.05) is 36.4 Å². The Morgan fingerprint density at radius 2 is 1.80 bits per heavy atom. The van der Waals surface area contributed by atoms with E-state index in [4.69, 9.17) is 4.74 Å². The number of amides is 1. The molecule has 20 heavy (non-hydrogen) atoms. The molecule has 106 valence electrons. The van der Waals surface area contributed by atoms with E-state index in [0.717, 1.165) is 16.5 Å². The van der Waals surface area contributed by atoms with Crippen molar-refractivity contribution in [3.63, 3.8) is 0 Å². The van der Waals surface area contributed by atoms with Crippen molar-refractivity contribution in [1.29, 1.82) is 0 Å². The van der Waals surface area contributed by atoms with Crippen LogP contribution in [0.4, 0.5) is 5.69 Å². The Hall–Kier alpha value is -1.87. The number of rotatable bonds is 4. The van der Waals surface area contributed by atoms with E-state index in [0.29, 0.717) is 6.54 Å². The second-order valence-electron chi connectivity index (χ2n) is 5.26. The maximum Gasteiger partial charge on any atom is 0.258 e. The van der Waals surface area contributed by atoms with Crippen LogP contribution in [0.3, 0.4) is 0 Å². The summed E-state index contributed by atoms with van der Waals surface area (Å²) in [4.78, 5) is 14.5. The largest absolute Gasteiger partial charge is 0.369 e. The van der Waals surface area contributed by atoms with E-state index in [1.165, 1.54) is 0 Å². The van der Waals surface area contributed by atoms with E-state index in [1.807, 2.05) is 37.3 Å². The van der Waals surface area contributed by atoms with Crippen LogP contribution >= 0.6 is 0 Å². The molecule has 0 radical (unpaired) electrons. The standard InChI is InChI=1S/C17H21NO2/c1-5-18(16(19)17(2,3)20-4)15-12-8-10-13-9-6-7-11-14(13)15/h6-12H,5H2,1-4H3. The summed E-state index contributed by atoms with van der Waals surface area (Å²) in [5, 5.41) is 2.21. The fourth-order valence-electron chi connectivity index (χ4n) is 2.28. The molecule has 2 aromatic rings. The number of methoxy groups -OCH3 is 1. The maximum atomic E-state index is 12.7. The molecule has 0 aliphatic heterocycles. The number of anilines is 1. The summed E-state index contributed by atoms with van der Waals surface area (Å²) >= 11 is 0. The lowest BCUT2D eigenvalue weighted by Gasteiger charge is -2.31. The van der Waals surface area contributed by atoms with Crippen molar-refractivity contribution in [3.8, 4) is 0 Å². The number of likely N-dealkylation sites (N-methyl/N-ethyl adjacent to an activating group) is 1. The normalized spacial score (nSPS) is 11.6. The molecule has 0 bridgehead atoms. The smallest absolute Gasteiger partial charge is 0.258 e. The minimum atomic E-state index is -0.826. The zero-order valence-electron chi connectivity index (χ0n) is 12.5. The van der Waals surface area contributed by atoms with Gasteiger partial charge >= 0.3 is 0 Å². The number of nitrogens with zero attached hydrogens (tertiary/aromatic N) is 1. The summed E-state index contributed by atoms with van der Waals surface area (Å²) < 4.78 is 5.32. The van der Waals surface area contributed by atoms with Crippen molar-refractivity contribution >= 4 is 22.4 Å². The molecule has 0 N–H and O–H groups in total. The van der Waals surface area contributed by atoms with Gasteiger partial charge in [0.2, 0.25) is 0 Å². The van der Waals surface area contributed by atoms with Crippen molar-refractivity contribution in [2.75, 3.05) is 18.6 Å². The van der Waals surface area contributed by atoms with E-state index in [2.05, 4.69) is 12.1 Å². The Morgan fingerprint density at radius 3 is 2.45 bits per heavy atom. The van der Waals surface area contributed by atoms with E-state index in [1.54, 1.807) is 25.9 Å². The molecule has 0 heterocycles. The lowest BCUT2D eigenvalue weighted by molar-refractivity contribution is -0.136. The summed E-state index contributed by atoms with van der Waals surface area (Å²) in [6, 6.07) is 14.1. The third kappa shape index (κ3) is 2.54. The number of hydrogen-bond donors (Lipinski definition) is 0. The van der Waals surface area contributed by atoms with E-state index >= 15 is 0 Å². The highest BCUT2D eigenvalue weighted by Gasteiger charge is 2.32. The third-order valence-electron chi connectivity index (χ3n) is 3.64. The predicted octanol–water partition coefficient (Wildman–Crippen LogP) is 3.62. The second kappa shape index (κ2) is 5.63. The first-order valence-corrected chi connectivity index (χ1v) is 6.86. The first kappa shape index (κ1) is 14.5. The molecule has 0 atom stereocenters. The molecule has 0 aliphatic carbocycles. The van der Waals surface area contributed by atoms with E-state index in [9.17, 15) is 4.79 Å². The molecule has 3 nitrogen and oxygen atoms in total. The SMILES string of the molecule is CCN(C(=O)C(C)(C)OC)c1cccc2ccccc12. The molecular formula is C17H21NO2. The second-order valence-corrected chi connectivity index (χ2v) is 5.26. The van der Waals surface area contributed by atoms with Gasteiger partial charge in [0.25, 0.3) is 5.91 Å². The maximum absolute atomic E-state index is 12.7. The Morgan fingerprint density at radius 1 is 1.15 bits per heavy atom. The summed E-state index contributed by atoms with van der Waals surface area (Å²) in [7, 11) is 1.56. The van der Waals surface area contributed by atoms with Crippen molar-refractivity contribution in [2.24, 2.45) is 0 Å². The van der Waals surface area contributed by atoms with Crippen molar-refractivity contribution in [2.45, 2.75) is 26.4 Å². The van der Waals surface area contributed by atoms with Gasteiger partial charge in [-0.25, -0.2) is 0 Å². The number of benzene rings is 2. The number of fused-ring (bicyclic) bond motifs is 1. The van der Waals surface area contributed by atoms with Crippen LogP contribution in [0, 0.1) is 0 Å². The van der Waals surface area contributed by atoms with Crippen LogP contribution in [-0.4, -0.2) is 25.2 Å². The van der Waals surface area contributed by atoms with E-state index < -0.39 is 5.60 Å². The molecule has 0 aromatic heterocycles. The van der Waals surface area contributed by atoms with Gasteiger partial charge in [0.1, 0.15) is 5.60 Å². The molecule has 0 spiro atoms. The molecule has 0 aliphatic rings. The van der Waals surface area contributed by atoms with Gasteiger partial charge in [0.15, 0.2) is 0 Å². The highest BCUT2D eigenvalue weighted by atomic mass is 16.5. The molecule has 1 amide bonds. The van der Waals surface area contributed by atoms with Crippen LogP contribution in [0.1, 0.15) is 20.8 Å². The average molecular weight is 271 g/mol. The number of ether oxygens (including phenoxy) is 1. The Balaban J connectivity index is 2.53. The van der Waals surface area contributed by atoms with Gasteiger partial charge in [-0.3, -0.25) is 4.79 Å². The lowest BCUT2D eigenvalue weighted by atomic mass is 10.0. The van der Waals surface area contributed by atoms with Crippen LogP contribution in [-0.2, 0) is 9.53 Å². The average Bonchev–Trinajstić information content (AvgIpc) is 2.48. The molecule has 0 saturated heterocycles. The van der Waals surface area contributed by atoms with Gasteiger partial charge in [-0.15, -0.1) is 0 Å². The zero-order valence-corrected chi connectivity index (χ0v) is 12.5. The fraction of sp³-hybridized carbons (Fsp3) is 0.353. The van der Waals surface area contributed by atoms with Crippen LogP contribution in [0.5, 0.6) is 0 Å². The van der Waals surface area contributed by atoms with Crippen LogP contribution in [0.25, 0.3) is 10.8 Å². The molecular weight excluding hydrogens is 250 g/mol. The van der Waals surface area contributed by atoms with Crippen LogP contribution in [0.2, 0.25) is 0 Å². The van der Waals surface area contributed by atoms with E-state index in [-0.39, 0.29) is 5.91 Å². The highest BCUT2D eigenvalue weighted by molar-refractivity contribution is 6.06. The minimum Gasteiger partial charge on any atom is -0.369 e. The summed E-state index contributed by atoms with van der Waals surface area (Å²) in [6.45, 7) is 6.18. The van der Waals surface area contributed by atoms with Crippen LogP contribution < -0.4 is 4.90 Å². The Kier molecular flexibility index (Phi) is 4.09. The number of carbonyl (C=O) groups excluding carboxylic acids is 1. The highest BCUT2D eigenvalue weighted by Crippen LogP contribution is 2.28. The first-order chi connectivity index (χ1) is 9.51. The summed E-state index contributed by atoms with van der Waals surface area (Å²) in [5.74, 6) is -0.0288. The summed E-state index contributed by atoms with van der Waals surface area (Å²) in [6.07, 6.45) is 0. The van der Waals surface area contributed by atoms with Gasteiger partial charge in [-0.2, -0.15) is 0 Å². The fourth-order valence-corrected chi connectivity index (χ4v) is 2.28. The zero-order chi connectivity index (χ0) is 14.8. The Labute approximate surface area is 120 Å². The molecule has 0 saturated carbocycles. The Bertz CT molecular complexity index is 614. The molecule has 0 fully saturated rings. The van der Waals surface area contributed by atoms with Crippen molar-refractivity contribution in [3.05, 3.63) is 42.5 Å². The predicted molar refractivity (Wildman–Crippen MR) is 83.1 cm³/mol. The number of hydrogen-bond acceptors (Lipinski definition) is 2. The first-order valence-electron chi connectivity index (χ1n) is 6.86. The van der Waals surface area contributed by atoms with Gasteiger partial charge in [0, 0.05) is 19.0 Å². The van der Waals surface area contributed by atoms with Crippen molar-refractivity contribution < 1.29 is 9.53 Å². The molecule has 0 unspecified atom stereocenters. The van der Waals surface area contributed by atoms with Crippen molar-refractivity contribution in [1.82, 2.24) is 0 Å². The third-order valence-corrected chi connectivity index (χ3v) is 3.64. The topological polar surface area (TPSA) is 29.5 Å². The number of carbonyl (C=O) groups is 1.